The molecule has 0 bridgehead atoms. The third-order valence-electron chi connectivity index (χ3n) is 3.85. The number of nitrogens with zero attached hydrogens (tertiary/aromatic N) is 2. The Morgan fingerprint density at radius 3 is 2.45 bits per heavy atom. The summed E-state index contributed by atoms with van der Waals surface area (Å²) in [7, 11) is -3.74. The molecule has 0 unspecified atom stereocenters. The van der Waals surface area contributed by atoms with E-state index in [1.54, 1.807) is 12.1 Å². The van der Waals surface area contributed by atoms with Crippen LogP contribution in [-0.2, 0) is 21.4 Å². The zero-order chi connectivity index (χ0) is 20.9. The molecule has 7 nitrogen and oxygen atoms in total. The molecule has 0 aliphatic rings. The first-order valence-electron chi connectivity index (χ1n) is 8.35. The molecule has 2 aromatic carbocycles. The van der Waals surface area contributed by atoms with E-state index in [-0.39, 0.29) is 17.3 Å². The summed E-state index contributed by atoms with van der Waals surface area (Å²) < 4.78 is 27.7. The smallest absolute Gasteiger partial charge is 0.238 e. The van der Waals surface area contributed by atoms with Crippen LogP contribution in [0.4, 0.5) is 0 Å². The van der Waals surface area contributed by atoms with Crippen molar-refractivity contribution in [2.24, 2.45) is 5.14 Å². The highest BCUT2D eigenvalue weighted by atomic mass is 32.2. The van der Waals surface area contributed by atoms with Crippen LogP contribution in [0.1, 0.15) is 16.4 Å². The van der Waals surface area contributed by atoms with Crippen molar-refractivity contribution >= 4 is 51.0 Å². The monoisotopic (exact) mass is 466 g/mol. The van der Waals surface area contributed by atoms with Gasteiger partial charge in [-0.3, -0.25) is 4.79 Å². The predicted molar refractivity (Wildman–Crippen MR) is 116 cm³/mol. The van der Waals surface area contributed by atoms with Crippen LogP contribution in [0.25, 0.3) is 0 Å². The summed E-state index contributed by atoms with van der Waals surface area (Å²) in [5, 5.41) is 8.21. The number of benzene rings is 2. The lowest BCUT2D eigenvalue weighted by molar-refractivity contribution is -0.120. The van der Waals surface area contributed by atoms with Gasteiger partial charge in [0.15, 0.2) is 4.34 Å². The number of sulfonamides is 1. The molecule has 152 valence electrons. The van der Waals surface area contributed by atoms with Crippen LogP contribution < -0.4 is 10.5 Å². The molecule has 0 saturated heterocycles. The Kier molecular flexibility index (Phi) is 7.30. The molecule has 3 aromatic rings. The van der Waals surface area contributed by atoms with Crippen LogP contribution >= 0.6 is 35.1 Å². The maximum absolute atomic E-state index is 12.9. The van der Waals surface area contributed by atoms with E-state index in [1.165, 1.54) is 47.2 Å². The van der Waals surface area contributed by atoms with Crippen molar-refractivity contribution in [2.45, 2.75) is 26.2 Å². The highest BCUT2D eigenvalue weighted by Gasteiger charge is 2.23. The molecular formula is C18H18N4O3S4. The summed E-state index contributed by atoms with van der Waals surface area (Å²) in [6, 6.07) is 15.6. The summed E-state index contributed by atoms with van der Waals surface area (Å²) in [4.78, 5) is 17.4. The van der Waals surface area contributed by atoms with Crippen molar-refractivity contribution in [3.63, 3.8) is 0 Å². The molecule has 0 saturated carbocycles. The molecule has 3 N–H and O–H groups in total. The maximum Gasteiger partial charge on any atom is 0.238 e. The minimum atomic E-state index is -3.74. The highest BCUT2D eigenvalue weighted by Crippen LogP contribution is 2.37. The molecule has 0 aliphatic heterocycles. The molecule has 29 heavy (non-hydrogen) atoms. The van der Waals surface area contributed by atoms with Crippen LogP contribution in [0.15, 0.2) is 69.0 Å². The fourth-order valence-corrected chi connectivity index (χ4v) is 5.35. The number of rotatable bonds is 8. The van der Waals surface area contributed by atoms with Crippen molar-refractivity contribution in [1.29, 1.82) is 0 Å². The lowest BCUT2D eigenvalue weighted by Gasteiger charge is -2.15. The number of hydrogen-bond donors (Lipinski definition) is 2. The van der Waals surface area contributed by atoms with Gasteiger partial charge >= 0.3 is 0 Å². The Morgan fingerprint density at radius 2 is 1.86 bits per heavy atom. The number of primary sulfonamides is 1. The van der Waals surface area contributed by atoms with Gasteiger partial charge in [-0.2, -0.15) is 4.37 Å². The van der Waals surface area contributed by atoms with Gasteiger partial charge in [-0.25, -0.2) is 18.5 Å². The minimum absolute atomic E-state index is 0.0335. The zero-order valence-corrected chi connectivity index (χ0v) is 18.6. The normalized spacial score (nSPS) is 12.5. The van der Waals surface area contributed by atoms with Crippen molar-refractivity contribution in [3.8, 4) is 0 Å². The zero-order valence-electron chi connectivity index (χ0n) is 15.3. The van der Waals surface area contributed by atoms with E-state index in [4.69, 9.17) is 5.14 Å². The lowest BCUT2D eigenvalue weighted by Crippen LogP contribution is -2.27. The first kappa shape index (κ1) is 21.8. The van der Waals surface area contributed by atoms with Crippen LogP contribution in [0.3, 0.4) is 0 Å². The summed E-state index contributed by atoms with van der Waals surface area (Å²) in [5.74, 6) is -0.169. The molecule has 1 aromatic heterocycles. The second-order valence-electron chi connectivity index (χ2n) is 5.86. The Bertz CT molecular complexity index is 1070. The van der Waals surface area contributed by atoms with Crippen molar-refractivity contribution in [2.75, 3.05) is 6.26 Å². The largest absolute Gasteiger partial charge is 0.351 e. The van der Waals surface area contributed by atoms with E-state index in [2.05, 4.69) is 14.7 Å². The number of nitrogens with two attached hydrogens (primary N) is 1. The summed E-state index contributed by atoms with van der Waals surface area (Å²) in [6.07, 6.45) is 1.90. The van der Waals surface area contributed by atoms with Crippen LogP contribution in [0.5, 0.6) is 0 Å². The van der Waals surface area contributed by atoms with Gasteiger partial charge in [0.1, 0.15) is 5.25 Å². The standard InChI is InChI=1S/C18H18N4O3S4/c1-26-17-21-18(28-22-17)27-15(13-5-3-2-4-6-13)16(23)20-11-12-7-9-14(10-8-12)29(19,24)25/h2-10,15H,11H2,1H3,(H,20,23)(H2,19,24,25)/t15-/m0/s1. The van der Waals surface area contributed by atoms with Crippen LogP contribution in [0, 0.1) is 0 Å². The Hall–Kier alpha value is -1.92. The maximum atomic E-state index is 12.9. The van der Waals surface area contributed by atoms with E-state index >= 15 is 0 Å². The quantitative estimate of drug-likeness (QED) is 0.490. The second-order valence-corrected chi connectivity index (χ2v) is 10.3. The predicted octanol–water partition coefficient (Wildman–Crippen LogP) is 3.06. The molecule has 0 fully saturated rings. The number of aromatic nitrogens is 2. The van der Waals surface area contributed by atoms with Crippen molar-refractivity contribution in [3.05, 3.63) is 65.7 Å². The summed E-state index contributed by atoms with van der Waals surface area (Å²) in [6.45, 7) is 0.264. The number of thioether (sulfide) groups is 2. The molecular weight excluding hydrogens is 448 g/mol. The number of nitrogens with one attached hydrogen (secondary N) is 1. The molecule has 3 rings (SSSR count). The van der Waals surface area contributed by atoms with Gasteiger partial charge in [-0.1, -0.05) is 66.0 Å². The van der Waals surface area contributed by atoms with Gasteiger partial charge in [-0.15, -0.1) is 0 Å². The second kappa shape index (κ2) is 9.72. The SMILES string of the molecule is CSc1nsc(S[C@H](C(=O)NCc2ccc(S(N)(=O)=O)cc2)c2ccccc2)n1. The fourth-order valence-electron chi connectivity index (χ4n) is 2.41. The highest BCUT2D eigenvalue weighted by molar-refractivity contribution is 8.02. The van der Waals surface area contributed by atoms with E-state index in [1.807, 2.05) is 36.6 Å². The van der Waals surface area contributed by atoms with Crippen LogP contribution in [-0.4, -0.2) is 29.9 Å². The van der Waals surface area contributed by atoms with E-state index in [0.717, 1.165) is 15.5 Å². The molecule has 0 spiro atoms. The van der Waals surface area contributed by atoms with E-state index < -0.39 is 15.3 Å². The van der Waals surface area contributed by atoms with E-state index in [9.17, 15) is 13.2 Å². The Labute approximate surface area is 181 Å². The summed E-state index contributed by atoms with van der Waals surface area (Å²) >= 11 is 4.07. The average molecular weight is 467 g/mol. The molecule has 11 heteroatoms. The lowest BCUT2D eigenvalue weighted by atomic mass is 10.1. The molecule has 1 amide bonds. The van der Waals surface area contributed by atoms with Crippen LogP contribution in [0.2, 0.25) is 0 Å². The third kappa shape index (κ3) is 6.03. The van der Waals surface area contributed by atoms with Gasteiger partial charge in [-0.05, 0) is 41.0 Å². The molecule has 0 radical (unpaired) electrons. The third-order valence-corrected chi connectivity index (χ3v) is 7.48. The Balaban J connectivity index is 1.72. The number of amides is 1. The number of hydrogen-bond acceptors (Lipinski definition) is 8. The molecule has 1 atom stereocenters. The van der Waals surface area contributed by atoms with Crippen molar-refractivity contribution < 1.29 is 13.2 Å². The average Bonchev–Trinajstić information content (AvgIpc) is 3.18. The number of carbonyl (C=O) groups is 1. The van der Waals surface area contributed by atoms with Gasteiger partial charge in [0.2, 0.25) is 21.1 Å². The van der Waals surface area contributed by atoms with Gasteiger partial charge < -0.3 is 5.32 Å². The van der Waals surface area contributed by atoms with Gasteiger partial charge in [0.05, 0.1) is 4.90 Å². The Morgan fingerprint density at radius 1 is 1.17 bits per heavy atom. The minimum Gasteiger partial charge on any atom is -0.351 e. The first-order valence-corrected chi connectivity index (χ1v) is 12.8. The van der Waals surface area contributed by atoms with Gasteiger partial charge in [0.25, 0.3) is 0 Å². The first-order chi connectivity index (χ1) is 13.9. The topological polar surface area (TPSA) is 115 Å². The van der Waals surface area contributed by atoms with Crippen molar-refractivity contribution in [1.82, 2.24) is 14.7 Å². The molecule has 0 aliphatic carbocycles. The number of carbonyl (C=O) groups excluding carboxylic acids is 1. The fraction of sp³-hybridized carbons (Fsp3) is 0.167. The van der Waals surface area contributed by atoms with E-state index in [0.29, 0.717) is 5.16 Å². The summed E-state index contributed by atoms with van der Waals surface area (Å²) in [5.41, 5.74) is 1.63. The molecule has 1 heterocycles. The van der Waals surface area contributed by atoms with Gasteiger partial charge in [0, 0.05) is 6.54 Å².